The second-order valence-corrected chi connectivity index (χ2v) is 13.8. The van der Waals surface area contributed by atoms with Crippen molar-refractivity contribution in [2.24, 2.45) is 0 Å². The van der Waals surface area contributed by atoms with E-state index in [4.69, 9.17) is 4.74 Å². The Labute approximate surface area is 210 Å². The highest BCUT2D eigenvalue weighted by molar-refractivity contribution is 7.92. The van der Waals surface area contributed by atoms with Gasteiger partial charge in [-0.25, -0.2) is 25.3 Å². The standard InChI is InChI=1S/C26H22O7S3/c1-19-3-7-21(8-4-19)34(27,28)23-11-15-25(16-12-23)36(31,32)26-17-13-24(14-18-26)35(29,30)22-9-5-20(33-2)6-10-22/h3-18H,1-2H3. The van der Waals surface area contributed by atoms with Gasteiger partial charge in [0.15, 0.2) is 0 Å². The molecule has 0 bridgehead atoms. The zero-order valence-corrected chi connectivity index (χ0v) is 21.8. The molecule has 0 heterocycles. The summed E-state index contributed by atoms with van der Waals surface area (Å²) in [4.78, 5) is -0.180. The summed E-state index contributed by atoms with van der Waals surface area (Å²) in [5.41, 5.74) is 0.915. The molecular weight excluding hydrogens is 520 g/mol. The summed E-state index contributed by atoms with van der Waals surface area (Å²) in [5.74, 6) is 0.507. The minimum Gasteiger partial charge on any atom is -0.497 e. The molecule has 0 unspecified atom stereocenters. The molecule has 0 saturated heterocycles. The number of benzene rings is 4. The fourth-order valence-electron chi connectivity index (χ4n) is 3.48. The summed E-state index contributed by atoms with van der Waals surface area (Å²) in [5, 5.41) is 0. The summed E-state index contributed by atoms with van der Waals surface area (Å²) < 4.78 is 82.7. The maximum absolute atomic E-state index is 13.1. The molecule has 0 aliphatic carbocycles. The van der Waals surface area contributed by atoms with Gasteiger partial charge in [-0.1, -0.05) is 17.7 Å². The van der Waals surface area contributed by atoms with Gasteiger partial charge >= 0.3 is 0 Å². The summed E-state index contributed by atoms with van der Waals surface area (Å²) >= 11 is 0. The molecule has 0 atom stereocenters. The highest BCUT2D eigenvalue weighted by atomic mass is 32.2. The van der Waals surface area contributed by atoms with Crippen molar-refractivity contribution in [2.75, 3.05) is 7.11 Å². The van der Waals surface area contributed by atoms with Crippen molar-refractivity contribution in [1.82, 2.24) is 0 Å². The van der Waals surface area contributed by atoms with Crippen LogP contribution in [-0.4, -0.2) is 32.4 Å². The van der Waals surface area contributed by atoms with E-state index in [1.165, 1.54) is 92.0 Å². The first-order valence-electron chi connectivity index (χ1n) is 10.6. The quantitative estimate of drug-likeness (QED) is 0.338. The van der Waals surface area contributed by atoms with Crippen LogP contribution in [0.15, 0.2) is 126 Å². The summed E-state index contributed by atoms with van der Waals surface area (Å²) in [6.45, 7) is 1.84. The van der Waals surface area contributed by atoms with E-state index in [2.05, 4.69) is 0 Å². The summed E-state index contributed by atoms with van der Waals surface area (Å²) in [6, 6.07) is 22.0. The Kier molecular flexibility index (Phi) is 6.78. The third-order valence-corrected chi connectivity index (χ3v) is 10.9. The van der Waals surface area contributed by atoms with Gasteiger partial charge < -0.3 is 4.74 Å². The Hall–Kier alpha value is -3.47. The molecule has 0 aromatic heterocycles. The third kappa shape index (κ3) is 4.79. The molecule has 4 aromatic carbocycles. The lowest BCUT2D eigenvalue weighted by Crippen LogP contribution is -2.06. The van der Waals surface area contributed by atoms with Crippen LogP contribution in [0.5, 0.6) is 5.75 Å². The van der Waals surface area contributed by atoms with E-state index < -0.39 is 29.5 Å². The number of rotatable bonds is 7. The van der Waals surface area contributed by atoms with Gasteiger partial charge in [-0.3, -0.25) is 0 Å². The largest absolute Gasteiger partial charge is 0.497 e. The van der Waals surface area contributed by atoms with Crippen LogP contribution >= 0.6 is 0 Å². The van der Waals surface area contributed by atoms with Gasteiger partial charge in [0.05, 0.1) is 36.5 Å². The van der Waals surface area contributed by atoms with E-state index in [1.807, 2.05) is 6.92 Å². The molecule has 7 nitrogen and oxygen atoms in total. The van der Waals surface area contributed by atoms with Gasteiger partial charge in [0.25, 0.3) is 0 Å². The number of methoxy groups -OCH3 is 1. The van der Waals surface area contributed by atoms with Crippen LogP contribution in [0.3, 0.4) is 0 Å². The Morgan fingerprint density at radius 1 is 0.417 bits per heavy atom. The van der Waals surface area contributed by atoms with Crippen molar-refractivity contribution in [3.05, 3.63) is 103 Å². The van der Waals surface area contributed by atoms with Crippen LogP contribution in [-0.2, 0) is 29.5 Å². The lowest BCUT2D eigenvalue weighted by Gasteiger charge is -2.09. The normalized spacial score (nSPS) is 12.3. The summed E-state index contributed by atoms with van der Waals surface area (Å²) in [6.07, 6.45) is 0. The molecule has 0 saturated carbocycles. The van der Waals surface area contributed by atoms with Crippen molar-refractivity contribution >= 4 is 29.5 Å². The van der Waals surface area contributed by atoms with Crippen molar-refractivity contribution in [3.8, 4) is 5.75 Å². The molecule has 36 heavy (non-hydrogen) atoms. The maximum atomic E-state index is 13.1. The van der Waals surface area contributed by atoms with Crippen LogP contribution < -0.4 is 4.74 Å². The number of hydrogen-bond donors (Lipinski definition) is 0. The van der Waals surface area contributed by atoms with Crippen LogP contribution in [0.1, 0.15) is 5.56 Å². The molecule has 0 spiro atoms. The van der Waals surface area contributed by atoms with Gasteiger partial charge in [-0.15, -0.1) is 0 Å². The molecule has 10 heteroatoms. The summed E-state index contributed by atoms with van der Waals surface area (Å²) in [7, 11) is -10.2. The lowest BCUT2D eigenvalue weighted by atomic mass is 10.2. The third-order valence-electron chi connectivity index (χ3n) is 5.59. The first-order chi connectivity index (χ1) is 17.0. The predicted molar refractivity (Wildman–Crippen MR) is 133 cm³/mol. The average molecular weight is 543 g/mol. The van der Waals surface area contributed by atoms with E-state index >= 15 is 0 Å². The highest BCUT2D eigenvalue weighted by Crippen LogP contribution is 2.28. The van der Waals surface area contributed by atoms with Crippen molar-refractivity contribution in [2.45, 2.75) is 36.3 Å². The monoisotopic (exact) mass is 542 g/mol. The van der Waals surface area contributed by atoms with Crippen LogP contribution in [0.4, 0.5) is 0 Å². The van der Waals surface area contributed by atoms with E-state index in [0.717, 1.165) is 5.56 Å². The second kappa shape index (κ2) is 9.53. The smallest absolute Gasteiger partial charge is 0.206 e. The zero-order valence-electron chi connectivity index (χ0n) is 19.3. The Balaban J connectivity index is 1.61. The Morgan fingerprint density at radius 3 is 0.889 bits per heavy atom. The van der Waals surface area contributed by atoms with Gasteiger partial charge in [-0.05, 0) is 91.9 Å². The molecule has 0 N–H and O–H groups in total. The van der Waals surface area contributed by atoms with E-state index in [1.54, 1.807) is 12.1 Å². The molecule has 0 amide bonds. The molecule has 186 valence electrons. The Bertz CT molecular complexity index is 1700. The Morgan fingerprint density at radius 2 is 0.639 bits per heavy atom. The van der Waals surface area contributed by atoms with Gasteiger partial charge in [0, 0.05) is 0 Å². The minimum absolute atomic E-state index is 0.0359. The van der Waals surface area contributed by atoms with Crippen LogP contribution in [0, 0.1) is 6.92 Å². The number of ether oxygens (including phenoxy) is 1. The second-order valence-electron chi connectivity index (χ2n) is 7.94. The average Bonchev–Trinajstić information content (AvgIpc) is 2.89. The van der Waals surface area contributed by atoms with Crippen molar-refractivity contribution in [3.63, 3.8) is 0 Å². The van der Waals surface area contributed by atoms with E-state index in [0.29, 0.717) is 5.75 Å². The van der Waals surface area contributed by atoms with E-state index in [-0.39, 0.29) is 29.4 Å². The molecule has 4 rings (SSSR count). The number of aryl methyl sites for hydroxylation is 1. The molecule has 0 aliphatic heterocycles. The number of hydrogen-bond acceptors (Lipinski definition) is 7. The van der Waals surface area contributed by atoms with Crippen molar-refractivity contribution < 1.29 is 30.0 Å². The first-order valence-corrected chi connectivity index (χ1v) is 15.1. The molecule has 0 aliphatic rings. The van der Waals surface area contributed by atoms with Gasteiger partial charge in [0.1, 0.15) is 5.75 Å². The zero-order chi connectivity index (χ0) is 26.1. The predicted octanol–water partition coefficient (Wildman–Crippen LogP) is 4.50. The van der Waals surface area contributed by atoms with Crippen LogP contribution in [0.25, 0.3) is 0 Å². The van der Waals surface area contributed by atoms with Gasteiger partial charge in [0.2, 0.25) is 29.5 Å². The fraction of sp³-hybridized carbons (Fsp3) is 0.0769. The number of sulfone groups is 3. The van der Waals surface area contributed by atoms with E-state index in [9.17, 15) is 25.3 Å². The topological polar surface area (TPSA) is 112 Å². The first kappa shape index (κ1) is 25.6. The molecule has 0 radical (unpaired) electrons. The van der Waals surface area contributed by atoms with Crippen molar-refractivity contribution in [1.29, 1.82) is 0 Å². The lowest BCUT2D eigenvalue weighted by molar-refractivity contribution is 0.414. The SMILES string of the molecule is COc1ccc(S(=O)(=O)c2ccc(S(=O)(=O)c3ccc(S(=O)(=O)c4ccc(C)cc4)cc3)cc2)cc1. The van der Waals surface area contributed by atoms with Gasteiger partial charge in [-0.2, -0.15) is 0 Å². The highest BCUT2D eigenvalue weighted by Gasteiger charge is 2.23. The molecular formula is C26H22O7S3. The van der Waals surface area contributed by atoms with Crippen LogP contribution in [0.2, 0.25) is 0 Å². The molecule has 4 aromatic rings. The molecule has 0 fully saturated rings. The maximum Gasteiger partial charge on any atom is 0.206 e. The minimum atomic E-state index is -4.01. The fourth-order valence-corrected chi connectivity index (χ4v) is 7.26.